The average Bonchev–Trinajstić information content (AvgIpc) is 2.49. The quantitative estimate of drug-likeness (QED) is 0.718. The van der Waals surface area contributed by atoms with Gasteiger partial charge in [-0.05, 0) is 25.5 Å². The van der Waals surface area contributed by atoms with Gasteiger partial charge in [0.2, 0.25) is 0 Å². The molecule has 0 saturated heterocycles. The molecule has 0 bridgehead atoms. The Morgan fingerprint density at radius 3 is 2.50 bits per heavy atom. The van der Waals surface area contributed by atoms with Crippen LogP contribution in [-0.2, 0) is 0 Å². The average molecular weight is 209 g/mol. The largest absolute Gasteiger partial charge is 0.508 e. The lowest BCUT2D eigenvalue weighted by molar-refractivity contribution is 0.472. The number of aryl methyl sites for hydroxylation is 2. The first kappa shape index (κ1) is 11.0. The van der Waals surface area contributed by atoms with Crippen LogP contribution in [0.3, 0.4) is 0 Å². The van der Waals surface area contributed by atoms with Crippen LogP contribution in [0.25, 0.3) is 10.2 Å². The molecule has 76 valence electrons. The third kappa shape index (κ3) is 2.04. The van der Waals surface area contributed by atoms with Crippen molar-refractivity contribution in [1.82, 2.24) is 4.98 Å². The van der Waals surface area contributed by atoms with Gasteiger partial charge < -0.3 is 5.11 Å². The minimum absolute atomic E-state index is 0.327. The highest BCUT2D eigenvalue weighted by Gasteiger charge is 2.03. The Labute approximate surface area is 88.2 Å². The molecule has 0 atom stereocenters. The highest BCUT2D eigenvalue weighted by molar-refractivity contribution is 7.18. The fraction of sp³-hybridized carbons (Fsp3) is 0.364. The summed E-state index contributed by atoms with van der Waals surface area (Å²) in [6.07, 6.45) is 0. The summed E-state index contributed by atoms with van der Waals surface area (Å²) in [4.78, 5) is 4.27. The SMILES string of the molecule is CC.Cc1nc2cc(O)c(C)cc2s1. The lowest BCUT2D eigenvalue weighted by Crippen LogP contribution is -1.74. The van der Waals surface area contributed by atoms with Crippen LogP contribution in [-0.4, -0.2) is 10.1 Å². The van der Waals surface area contributed by atoms with Crippen LogP contribution in [0.1, 0.15) is 24.4 Å². The number of hydrogen-bond acceptors (Lipinski definition) is 3. The standard InChI is InChI=1S/C9H9NOS.C2H6/c1-5-3-9-7(4-8(5)11)10-6(2)12-9;1-2/h3-4,11H,1-2H3;1-2H3. The molecule has 2 rings (SSSR count). The minimum atomic E-state index is 0.327. The smallest absolute Gasteiger partial charge is 0.120 e. The van der Waals surface area contributed by atoms with Crippen molar-refractivity contribution < 1.29 is 5.11 Å². The molecule has 14 heavy (non-hydrogen) atoms. The number of phenolic OH excluding ortho intramolecular Hbond substituents is 1. The van der Waals surface area contributed by atoms with Gasteiger partial charge in [0.15, 0.2) is 0 Å². The first-order valence-electron chi connectivity index (χ1n) is 4.73. The van der Waals surface area contributed by atoms with E-state index in [0.29, 0.717) is 5.75 Å². The number of thiazole rings is 1. The Balaban J connectivity index is 0.000000461. The first-order valence-corrected chi connectivity index (χ1v) is 5.55. The molecule has 0 spiro atoms. The van der Waals surface area contributed by atoms with Crippen molar-refractivity contribution in [3.63, 3.8) is 0 Å². The summed E-state index contributed by atoms with van der Waals surface area (Å²) >= 11 is 1.65. The van der Waals surface area contributed by atoms with Gasteiger partial charge in [-0.25, -0.2) is 4.98 Å². The monoisotopic (exact) mass is 209 g/mol. The van der Waals surface area contributed by atoms with Crippen molar-refractivity contribution in [3.05, 3.63) is 22.7 Å². The van der Waals surface area contributed by atoms with Crippen molar-refractivity contribution in [1.29, 1.82) is 0 Å². The number of benzene rings is 1. The van der Waals surface area contributed by atoms with Gasteiger partial charge in [-0.2, -0.15) is 0 Å². The third-order valence-corrected chi connectivity index (χ3v) is 2.75. The van der Waals surface area contributed by atoms with E-state index in [1.54, 1.807) is 17.4 Å². The number of hydrogen-bond donors (Lipinski definition) is 1. The predicted molar refractivity (Wildman–Crippen MR) is 62.1 cm³/mol. The second kappa shape index (κ2) is 4.42. The van der Waals surface area contributed by atoms with Crippen LogP contribution in [0, 0.1) is 13.8 Å². The van der Waals surface area contributed by atoms with Crippen molar-refractivity contribution in [2.75, 3.05) is 0 Å². The van der Waals surface area contributed by atoms with E-state index in [9.17, 15) is 5.11 Å². The molecule has 2 nitrogen and oxygen atoms in total. The molecule has 1 aromatic carbocycles. The summed E-state index contributed by atoms with van der Waals surface area (Å²) in [7, 11) is 0. The van der Waals surface area contributed by atoms with Crippen molar-refractivity contribution >= 4 is 21.6 Å². The lowest BCUT2D eigenvalue weighted by atomic mass is 10.2. The van der Waals surface area contributed by atoms with E-state index in [1.807, 2.05) is 33.8 Å². The van der Waals surface area contributed by atoms with Gasteiger partial charge >= 0.3 is 0 Å². The van der Waals surface area contributed by atoms with Crippen molar-refractivity contribution in [3.8, 4) is 5.75 Å². The molecule has 0 aliphatic heterocycles. The molecule has 0 fully saturated rings. The van der Waals surface area contributed by atoms with Crippen LogP contribution < -0.4 is 0 Å². The predicted octanol–water partition coefficient (Wildman–Crippen LogP) is 3.64. The van der Waals surface area contributed by atoms with Crippen LogP contribution in [0.15, 0.2) is 12.1 Å². The fourth-order valence-electron chi connectivity index (χ4n) is 1.18. The van der Waals surface area contributed by atoms with Crippen LogP contribution in [0.5, 0.6) is 5.75 Å². The van der Waals surface area contributed by atoms with E-state index in [2.05, 4.69) is 4.98 Å². The van der Waals surface area contributed by atoms with Gasteiger partial charge in [-0.15, -0.1) is 11.3 Å². The second-order valence-electron chi connectivity index (χ2n) is 2.84. The zero-order chi connectivity index (χ0) is 10.7. The summed E-state index contributed by atoms with van der Waals surface area (Å²) < 4.78 is 1.14. The number of aromatic nitrogens is 1. The van der Waals surface area contributed by atoms with Crippen LogP contribution in [0.4, 0.5) is 0 Å². The van der Waals surface area contributed by atoms with E-state index in [-0.39, 0.29) is 0 Å². The minimum Gasteiger partial charge on any atom is -0.508 e. The molecule has 0 aliphatic carbocycles. The van der Waals surface area contributed by atoms with Gasteiger partial charge in [0.1, 0.15) is 5.75 Å². The Morgan fingerprint density at radius 1 is 1.21 bits per heavy atom. The number of nitrogens with zero attached hydrogens (tertiary/aromatic N) is 1. The topological polar surface area (TPSA) is 33.1 Å². The van der Waals surface area contributed by atoms with Crippen molar-refractivity contribution in [2.45, 2.75) is 27.7 Å². The van der Waals surface area contributed by atoms with Crippen molar-refractivity contribution in [2.24, 2.45) is 0 Å². The molecule has 0 amide bonds. The van der Waals surface area contributed by atoms with Crippen LogP contribution >= 0.6 is 11.3 Å². The molecule has 1 heterocycles. The molecular weight excluding hydrogens is 194 g/mol. The summed E-state index contributed by atoms with van der Waals surface area (Å²) in [5.41, 5.74) is 1.80. The number of rotatable bonds is 0. The fourth-order valence-corrected chi connectivity index (χ4v) is 2.09. The maximum absolute atomic E-state index is 9.39. The van der Waals surface area contributed by atoms with Gasteiger partial charge in [0.25, 0.3) is 0 Å². The highest BCUT2D eigenvalue weighted by atomic mass is 32.1. The maximum atomic E-state index is 9.39. The van der Waals surface area contributed by atoms with Gasteiger partial charge in [0.05, 0.1) is 15.2 Å². The van der Waals surface area contributed by atoms with Gasteiger partial charge in [-0.3, -0.25) is 0 Å². The molecule has 1 N–H and O–H groups in total. The molecule has 0 radical (unpaired) electrons. The first-order chi connectivity index (χ1) is 6.66. The molecule has 0 aliphatic rings. The molecule has 2 aromatic rings. The maximum Gasteiger partial charge on any atom is 0.120 e. The highest BCUT2D eigenvalue weighted by Crippen LogP contribution is 2.27. The Bertz CT molecular complexity index is 395. The van der Waals surface area contributed by atoms with E-state index in [4.69, 9.17) is 0 Å². The zero-order valence-electron chi connectivity index (χ0n) is 8.96. The summed E-state index contributed by atoms with van der Waals surface area (Å²) in [5, 5.41) is 10.4. The van der Waals surface area contributed by atoms with Crippen LogP contribution in [0.2, 0.25) is 0 Å². The summed E-state index contributed by atoms with van der Waals surface area (Å²) in [5.74, 6) is 0.327. The van der Waals surface area contributed by atoms with E-state index >= 15 is 0 Å². The molecular formula is C11H15NOS. The molecule has 0 saturated carbocycles. The van der Waals surface area contributed by atoms with Gasteiger partial charge in [-0.1, -0.05) is 13.8 Å². The second-order valence-corrected chi connectivity index (χ2v) is 4.07. The lowest BCUT2D eigenvalue weighted by Gasteiger charge is -1.95. The summed E-state index contributed by atoms with van der Waals surface area (Å²) in [6, 6.07) is 3.68. The Morgan fingerprint density at radius 2 is 1.86 bits per heavy atom. The number of aromatic hydroxyl groups is 1. The summed E-state index contributed by atoms with van der Waals surface area (Å²) in [6.45, 7) is 7.86. The zero-order valence-corrected chi connectivity index (χ0v) is 9.77. The molecule has 0 unspecified atom stereocenters. The number of fused-ring (bicyclic) bond motifs is 1. The normalized spacial score (nSPS) is 9.71. The Kier molecular flexibility index (Phi) is 3.47. The van der Waals surface area contributed by atoms with E-state index in [0.717, 1.165) is 20.8 Å². The van der Waals surface area contributed by atoms with E-state index < -0.39 is 0 Å². The Hall–Kier alpha value is -1.09. The number of phenols is 1. The van der Waals surface area contributed by atoms with E-state index in [1.165, 1.54) is 0 Å². The molecule has 3 heteroatoms. The van der Waals surface area contributed by atoms with Gasteiger partial charge in [0, 0.05) is 6.07 Å². The third-order valence-electron chi connectivity index (χ3n) is 1.81. The molecule has 1 aromatic heterocycles.